The van der Waals surface area contributed by atoms with Gasteiger partial charge in [-0.25, -0.2) is 0 Å². The van der Waals surface area contributed by atoms with Gasteiger partial charge in [-0.3, -0.25) is 14.4 Å². The smallest absolute Gasteiger partial charge is 0.325 e. The molecule has 0 saturated heterocycles. The van der Waals surface area contributed by atoms with Gasteiger partial charge >= 0.3 is 5.97 Å². The molecule has 0 aromatic heterocycles. The van der Waals surface area contributed by atoms with Gasteiger partial charge in [0.1, 0.15) is 6.54 Å². The van der Waals surface area contributed by atoms with Crippen LogP contribution in [0.3, 0.4) is 0 Å². The molecule has 2 rings (SSSR count). The van der Waals surface area contributed by atoms with Gasteiger partial charge in [0.2, 0.25) is 0 Å². The third-order valence-corrected chi connectivity index (χ3v) is 3.73. The first-order valence-electron chi connectivity index (χ1n) is 7.00. The van der Waals surface area contributed by atoms with E-state index in [-0.39, 0.29) is 17.1 Å². The number of carbonyl (C=O) groups excluding carboxylic acids is 3. The van der Waals surface area contributed by atoms with E-state index in [0.29, 0.717) is 5.56 Å². The van der Waals surface area contributed by atoms with Gasteiger partial charge in [0.25, 0.3) is 5.91 Å². The van der Waals surface area contributed by atoms with E-state index >= 15 is 0 Å². The molecule has 1 aromatic carbocycles. The number of nitrogens with zero attached hydrogens (tertiary/aromatic N) is 1. The molecule has 24 heavy (non-hydrogen) atoms. The van der Waals surface area contributed by atoms with Crippen LogP contribution in [0, 0.1) is 0 Å². The number of Topliss-reactive ketones (excluding diaryl/α,β-unsaturated/α-hetero) is 1. The molecule has 0 saturated carbocycles. The molecule has 1 atom stereocenters. The fourth-order valence-electron chi connectivity index (χ4n) is 2.59. The lowest BCUT2D eigenvalue weighted by Gasteiger charge is -2.25. The number of aromatic hydroxyl groups is 1. The zero-order chi connectivity index (χ0) is 18.0. The minimum atomic E-state index is -0.983. The third-order valence-electron chi connectivity index (χ3n) is 3.73. The van der Waals surface area contributed by atoms with Gasteiger partial charge in [0.05, 0.1) is 25.8 Å². The van der Waals surface area contributed by atoms with Crippen molar-refractivity contribution in [3.05, 3.63) is 35.1 Å². The summed E-state index contributed by atoms with van der Waals surface area (Å²) < 4.78 is 9.58. The van der Waals surface area contributed by atoms with E-state index in [0.717, 1.165) is 4.90 Å². The molecule has 0 spiro atoms. The number of carbonyl (C=O) groups is 3. The number of amides is 1. The number of rotatable bonds is 5. The highest BCUT2D eigenvalue weighted by Gasteiger charge is 2.43. The molecule has 0 bridgehead atoms. The molecule has 1 aliphatic heterocycles. The Morgan fingerprint density at radius 1 is 1.25 bits per heavy atom. The van der Waals surface area contributed by atoms with E-state index in [4.69, 9.17) is 4.74 Å². The standard InChI is InChI=1S/C16H17NO7/c1-8(18)13-14(9-4-5-10(19)11(6-9)23-2)17(7-12(20)24-3)16(22)15(13)21/h4-6,14,19,21H,7H2,1-3H3/t14-/m1/s1. The van der Waals surface area contributed by atoms with Gasteiger partial charge in [0.15, 0.2) is 23.0 Å². The van der Waals surface area contributed by atoms with Crippen LogP contribution in [0.25, 0.3) is 0 Å². The van der Waals surface area contributed by atoms with Crippen molar-refractivity contribution in [1.29, 1.82) is 0 Å². The van der Waals surface area contributed by atoms with Crippen LogP contribution in [-0.2, 0) is 19.1 Å². The number of ether oxygens (including phenoxy) is 2. The first-order chi connectivity index (χ1) is 11.3. The Labute approximate surface area is 137 Å². The summed E-state index contributed by atoms with van der Waals surface area (Å²) in [5.41, 5.74) is 0.271. The molecule has 1 aromatic rings. The van der Waals surface area contributed by atoms with Gasteiger partial charge in [0, 0.05) is 0 Å². The molecular formula is C16H17NO7. The van der Waals surface area contributed by atoms with E-state index in [1.54, 1.807) is 0 Å². The van der Waals surface area contributed by atoms with Gasteiger partial charge < -0.3 is 24.6 Å². The Morgan fingerprint density at radius 2 is 1.92 bits per heavy atom. The Morgan fingerprint density at radius 3 is 2.46 bits per heavy atom. The number of phenolic OH excluding ortho intramolecular Hbond substituents is 1. The number of aliphatic hydroxyl groups excluding tert-OH is 1. The second-order valence-electron chi connectivity index (χ2n) is 5.16. The first-order valence-corrected chi connectivity index (χ1v) is 7.00. The predicted molar refractivity (Wildman–Crippen MR) is 81.5 cm³/mol. The van der Waals surface area contributed by atoms with E-state index in [9.17, 15) is 24.6 Å². The van der Waals surface area contributed by atoms with Crippen molar-refractivity contribution < 1.29 is 34.1 Å². The number of benzene rings is 1. The summed E-state index contributed by atoms with van der Waals surface area (Å²) in [4.78, 5) is 36.8. The quantitative estimate of drug-likeness (QED) is 0.767. The van der Waals surface area contributed by atoms with Crippen molar-refractivity contribution in [2.45, 2.75) is 13.0 Å². The van der Waals surface area contributed by atoms with Crippen LogP contribution in [0.4, 0.5) is 0 Å². The fraction of sp³-hybridized carbons (Fsp3) is 0.312. The highest BCUT2D eigenvalue weighted by atomic mass is 16.5. The Kier molecular flexibility index (Phi) is 4.77. The Balaban J connectivity index is 2.56. The van der Waals surface area contributed by atoms with E-state index in [1.165, 1.54) is 39.3 Å². The van der Waals surface area contributed by atoms with E-state index < -0.39 is 36.0 Å². The lowest BCUT2D eigenvalue weighted by Crippen LogP contribution is -2.36. The van der Waals surface area contributed by atoms with Crippen LogP contribution in [-0.4, -0.2) is 53.5 Å². The second kappa shape index (κ2) is 6.61. The van der Waals surface area contributed by atoms with Crippen molar-refractivity contribution in [3.63, 3.8) is 0 Å². The lowest BCUT2D eigenvalue weighted by atomic mass is 9.96. The monoisotopic (exact) mass is 335 g/mol. The van der Waals surface area contributed by atoms with Crippen molar-refractivity contribution in [1.82, 2.24) is 4.90 Å². The van der Waals surface area contributed by atoms with Crippen LogP contribution in [0.5, 0.6) is 11.5 Å². The van der Waals surface area contributed by atoms with Crippen LogP contribution in [0.15, 0.2) is 29.5 Å². The lowest BCUT2D eigenvalue weighted by molar-refractivity contribution is -0.146. The topological polar surface area (TPSA) is 113 Å². The molecule has 0 radical (unpaired) electrons. The largest absolute Gasteiger partial charge is 0.504 e. The number of esters is 1. The minimum absolute atomic E-state index is 0.123. The summed E-state index contributed by atoms with van der Waals surface area (Å²) in [6.07, 6.45) is 0. The van der Waals surface area contributed by atoms with Crippen molar-refractivity contribution >= 4 is 17.7 Å². The molecule has 1 aliphatic rings. The normalized spacial score (nSPS) is 17.2. The zero-order valence-electron chi connectivity index (χ0n) is 13.4. The van der Waals surface area contributed by atoms with Gasteiger partial charge in [-0.15, -0.1) is 0 Å². The summed E-state index contributed by atoms with van der Waals surface area (Å²) in [5.74, 6) is -2.75. The average Bonchev–Trinajstić information content (AvgIpc) is 2.80. The molecule has 8 nitrogen and oxygen atoms in total. The van der Waals surface area contributed by atoms with Crippen LogP contribution in [0.2, 0.25) is 0 Å². The van der Waals surface area contributed by atoms with E-state index in [1.807, 2.05) is 0 Å². The number of ketones is 1. The van der Waals surface area contributed by atoms with Crippen molar-refractivity contribution in [3.8, 4) is 11.5 Å². The molecule has 8 heteroatoms. The highest BCUT2D eigenvalue weighted by molar-refractivity contribution is 6.08. The summed E-state index contributed by atoms with van der Waals surface area (Å²) in [7, 11) is 2.52. The molecule has 0 unspecified atom stereocenters. The molecular weight excluding hydrogens is 318 g/mol. The van der Waals surface area contributed by atoms with Crippen molar-refractivity contribution in [2.24, 2.45) is 0 Å². The maximum atomic E-state index is 12.3. The summed E-state index contributed by atoms with van der Waals surface area (Å²) in [6.45, 7) is 0.773. The van der Waals surface area contributed by atoms with Crippen LogP contribution < -0.4 is 4.74 Å². The number of phenols is 1. The second-order valence-corrected chi connectivity index (χ2v) is 5.16. The van der Waals surface area contributed by atoms with Gasteiger partial charge in [-0.1, -0.05) is 6.07 Å². The SMILES string of the molecule is COC(=O)CN1C(=O)C(O)=C(C(C)=O)[C@H]1c1ccc(O)c(OC)c1. The summed E-state index contributed by atoms with van der Waals surface area (Å²) >= 11 is 0. The molecule has 128 valence electrons. The molecule has 1 heterocycles. The average molecular weight is 335 g/mol. The summed E-state index contributed by atoms with van der Waals surface area (Å²) in [6, 6.07) is 3.26. The van der Waals surface area contributed by atoms with Gasteiger partial charge in [-0.05, 0) is 24.6 Å². The maximum absolute atomic E-state index is 12.3. The number of aliphatic hydroxyl groups is 1. The molecule has 0 aliphatic carbocycles. The fourth-order valence-corrected chi connectivity index (χ4v) is 2.59. The van der Waals surface area contributed by atoms with Crippen LogP contribution in [0.1, 0.15) is 18.5 Å². The Hall–Kier alpha value is -3.03. The number of hydrogen-bond donors (Lipinski definition) is 2. The van der Waals surface area contributed by atoms with Crippen molar-refractivity contribution in [2.75, 3.05) is 20.8 Å². The van der Waals surface area contributed by atoms with Crippen LogP contribution >= 0.6 is 0 Å². The molecule has 1 amide bonds. The third kappa shape index (κ3) is 2.90. The molecule has 0 fully saturated rings. The minimum Gasteiger partial charge on any atom is -0.504 e. The maximum Gasteiger partial charge on any atom is 0.325 e. The zero-order valence-corrected chi connectivity index (χ0v) is 13.4. The van der Waals surface area contributed by atoms with Gasteiger partial charge in [-0.2, -0.15) is 0 Å². The number of methoxy groups -OCH3 is 2. The first kappa shape index (κ1) is 17.3. The molecule has 2 N–H and O–H groups in total. The van der Waals surface area contributed by atoms with E-state index in [2.05, 4.69) is 4.74 Å². The summed E-state index contributed by atoms with van der Waals surface area (Å²) in [5, 5.41) is 19.7. The Bertz CT molecular complexity index is 738. The number of hydrogen-bond acceptors (Lipinski definition) is 7. The highest BCUT2D eigenvalue weighted by Crippen LogP contribution is 2.40. The predicted octanol–water partition coefficient (Wildman–Crippen LogP) is 0.858.